The van der Waals surface area contributed by atoms with Crippen molar-refractivity contribution < 1.29 is 26.8 Å². The zero-order valence-corrected chi connectivity index (χ0v) is 19.2. The first-order valence-electron chi connectivity index (χ1n) is 10.9. The van der Waals surface area contributed by atoms with Crippen LogP contribution >= 0.6 is 0 Å². The fraction of sp³-hybridized carbons (Fsp3) is 0.409. The van der Waals surface area contributed by atoms with E-state index in [2.05, 4.69) is 10.3 Å². The Morgan fingerprint density at radius 3 is 2.44 bits per heavy atom. The van der Waals surface area contributed by atoms with E-state index in [1.807, 2.05) is 23.1 Å². The summed E-state index contributed by atoms with van der Waals surface area (Å²) < 4.78 is 53.7. The van der Waals surface area contributed by atoms with Gasteiger partial charge in [-0.05, 0) is 24.3 Å². The van der Waals surface area contributed by atoms with Crippen LogP contribution in [0.5, 0.6) is 0 Å². The van der Waals surface area contributed by atoms with Gasteiger partial charge in [0.15, 0.2) is 0 Å². The summed E-state index contributed by atoms with van der Waals surface area (Å²) in [6.07, 6.45) is 1.57. The van der Waals surface area contributed by atoms with Gasteiger partial charge in [-0.1, -0.05) is 6.07 Å². The number of halogens is 2. The van der Waals surface area contributed by atoms with Gasteiger partial charge in [0, 0.05) is 63.6 Å². The molecular weight excluding hydrogens is 468 g/mol. The molecule has 2 aromatic rings. The fourth-order valence-electron chi connectivity index (χ4n) is 4.14. The van der Waals surface area contributed by atoms with E-state index in [1.54, 1.807) is 6.20 Å². The lowest BCUT2D eigenvalue weighted by atomic mass is 10.1. The van der Waals surface area contributed by atoms with E-state index < -0.39 is 39.4 Å². The summed E-state index contributed by atoms with van der Waals surface area (Å²) in [5.41, 5.74) is 0.0465. The molecule has 2 aliphatic rings. The van der Waals surface area contributed by atoms with Crippen molar-refractivity contribution in [1.29, 1.82) is 0 Å². The van der Waals surface area contributed by atoms with Crippen LogP contribution < -0.4 is 15.1 Å². The van der Waals surface area contributed by atoms with E-state index in [-0.39, 0.29) is 31.0 Å². The number of amides is 2. The van der Waals surface area contributed by atoms with Crippen molar-refractivity contribution in [2.24, 2.45) is 5.92 Å². The highest BCUT2D eigenvalue weighted by Crippen LogP contribution is 2.26. The Labute approximate surface area is 196 Å². The summed E-state index contributed by atoms with van der Waals surface area (Å²) in [6, 6.07) is 8.33. The fourth-order valence-corrected chi connectivity index (χ4v) is 5.48. The normalized spacial score (nSPS) is 19.5. The number of aromatic nitrogens is 1. The third-order valence-corrected chi connectivity index (χ3v) is 7.79. The van der Waals surface area contributed by atoms with E-state index in [9.17, 15) is 26.8 Å². The maximum atomic E-state index is 13.5. The second kappa shape index (κ2) is 10.0. The third kappa shape index (κ3) is 5.50. The van der Waals surface area contributed by atoms with Crippen molar-refractivity contribution in [3.63, 3.8) is 0 Å². The van der Waals surface area contributed by atoms with E-state index in [1.165, 1.54) is 4.31 Å². The molecular formula is C22H25F2N5O4S. The molecule has 2 amide bonds. The maximum absolute atomic E-state index is 13.5. The SMILES string of the molecule is O=C(NCCS(=O)(=O)N1CCN(c2ccccn2)CC1)C1CC(=O)N(c2cc(F)cc(F)c2)C1. The van der Waals surface area contributed by atoms with Gasteiger partial charge >= 0.3 is 0 Å². The van der Waals surface area contributed by atoms with Crippen molar-refractivity contribution >= 4 is 33.3 Å². The van der Waals surface area contributed by atoms with Gasteiger partial charge in [-0.3, -0.25) is 9.59 Å². The number of benzene rings is 1. The number of carbonyl (C=O) groups excluding carboxylic acids is 2. The molecule has 0 saturated carbocycles. The van der Waals surface area contributed by atoms with Gasteiger partial charge in [-0.15, -0.1) is 0 Å². The molecule has 1 N–H and O–H groups in total. The van der Waals surface area contributed by atoms with Crippen LogP contribution in [0.4, 0.5) is 20.3 Å². The Morgan fingerprint density at radius 1 is 1.09 bits per heavy atom. The number of sulfonamides is 1. The van der Waals surface area contributed by atoms with Crippen molar-refractivity contribution in [3.05, 3.63) is 54.2 Å². The van der Waals surface area contributed by atoms with Crippen molar-refractivity contribution in [1.82, 2.24) is 14.6 Å². The summed E-state index contributed by atoms with van der Waals surface area (Å²) in [5.74, 6) is -2.73. The van der Waals surface area contributed by atoms with Gasteiger partial charge in [0.25, 0.3) is 0 Å². The molecule has 1 atom stereocenters. The number of anilines is 2. The minimum atomic E-state index is -3.57. The molecule has 3 heterocycles. The predicted octanol–water partition coefficient (Wildman–Crippen LogP) is 0.981. The topological polar surface area (TPSA) is 103 Å². The van der Waals surface area contributed by atoms with Crippen molar-refractivity contribution in [2.75, 3.05) is 54.8 Å². The average Bonchev–Trinajstić information content (AvgIpc) is 3.21. The molecule has 1 aromatic carbocycles. The van der Waals surface area contributed by atoms with Crippen molar-refractivity contribution in [3.8, 4) is 0 Å². The molecule has 2 aliphatic heterocycles. The maximum Gasteiger partial charge on any atom is 0.227 e. The van der Waals surface area contributed by atoms with Crippen LogP contribution in [0, 0.1) is 17.6 Å². The summed E-state index contributed by atoms with van der Waals surface area (Å²) >= 11 is 0. The minimum absolute atomic E-state index is 0.0320. The zero-order chi connectivity index (χ0) is 24.3. The molecule has 0 bridgehead atoms. The molecule has 1 unspecified atom stereocenters. The van der Waals surface area contributed by atoms with Crippen LogP contribution in [0.1, 0.15) is 6.42 Å². The summed E-state index contributed by atoms with van der Waals surface area (Å²) in [7, 11) is -3.57. The first kappa shape index (κ1) is 24.0. The number of carbonyl (C=O) groups is 2. The molecule has 0 spiro atoms. The van der Waals surface area contributed by atoms with Crippen LogP contribution in [0.3, 0.4) is 0 Å². The lowest BCUT2D eigenvalue weighted by Gasteiger charge is -2.34. The van der Waals surface area contributed by atoms with Gasteiger partial charge < -0.3 is 15.1 Å². The predicted molar refractivity (Wildman–Crippen MR) is 122 cm³/mol. The van der Waals surface area contributed by atoms with Crippen LogP contribution in [0.15, 0.2) is 42.6 Å². The second-order valence-electron chi connectivity index (χ2n) is 8.21. The Kier molecular flexibility index (Phi) is 7.08. The van der Waals surface area contributed by atoms with E-state index in [0.29, 0.717) is 32.2 Å². The lowest BCUT2D eigenvalue weighted by molar-refractivity contribution is -0.126. The Balaban J connectivity index is 1.25. The molecule has 34 heavy (non-hydrogen) atoms. The quantitative estimate of drug-likeness (QED) is 0.617. The molecule has 12 heteroatoms. The largest absolute Gasteiger partial charge is 0.355 e. The number of rotatable bonds is 7. The van der Waals surface area contributed by atoms with Crippen LogP contribution in [0.25, 0.3) is 0 Å². The van der Waals surface area contributed by atoms with Crippen LogP contribution in [-0.4, -0.2) is 74.5 Å². The Bertz CT molecular complexity index is 1140. The van der Waals surface area contributed by atoms with Gasteiger partial charge in [0.1, 0.15) is 17.5 Å². The number of hydrogen-bond acceptors (Lipinski definition) is 6. The van der Waals surface area contributed by atoms with E-state index in [4.69, 9.17) is 0 Å². The average molecular weight is 494 g/mol. The van der Waals surface area contributed by atoms with Gasteiger partial charge in [0.2, 0.25) is 21.8 Å². The summed E-state index contributed by atoms with van der Waals surface area (Å²) in [4.78, 5) is 32.2. The summed E-state index contributed by atoms with van der Waals surface area (Å²) in [6.45, 7) is 1.55. The highest BCUT2D eigenvalue weighted by molar-refractivity contribution is 7.89. The monoisotopic (exact) mass is 493 g/mol. The smallest absolute Gasteiger partial charge is 0.227 e. The van der Waals surface area contributed by atoms with E-state index >= 15 is 0 Å². The number of hydrogen-bond donors (Lipinski definition) is 1. The highest BCUT2D eigenvalue weighted by Gasteiger charge is 2.36. The first-order valence-corrected chi connectivity index (χ1v) is 12.5. The van der Waals surface area contributed by atoms with Crippen LogP contribution in [-0.2, 0) is 19.6 Å². The molecule has 0 aliphatic carbocycles. The molecule has 182 valence electrons. The Morgan fingerprint density at radius 2 is 1.79 bits per heavy atom. The number of piperazine rings is 1. The molecule has 2 saturated heterocycles. The van der Waals surface area contributed by atoms with E-state index in [0.717, 1.165) is 22.9 Å². The Hall–Kier alpha value is -3.12. The highest BCUT2D eigenvalue weighted by atomic mass is 32.2. The lowest BCUT2D eigenvalue weighted by Crippen LogP contribution is -2.50. The number of nitrogens with one attached hydrogen (secondary N) is 1. The number of nitrogens with zero attached hydrogens (tertiary/aromatic N) is 4. The van der Waals surface area contributed by atoms with Gasteiger partial charge in [-0.25, -0.2) is 22.2 Å². The molecule has 0 radical (unpaired) electrons. The van der Waals surface area contributed by atoms with Gasteiger partial charge in [-0.2, -0.15) is 4.31 Å². The third-order valence-electron chi connectivity index (χ3n) is 5.92. The first-order chi connectivity index (χ1) is 16.2. The number of pyridine rings is 1. The minimum Gasteiger partial charge on any atom is -0.355 e. The molecule has 2 fully saturated rings. The van der Waals surface area contributed by atoms with Crippen LogP contribution in [0.2, 0.25) is 0 Å². The summed E-state index contributed by atoms with van der Waals surface area (Å²) in [5, 5.41) is 2.58. The molecule has 1 aromatic heterocycles. The molecule has 4 rings (SSSR count). The standard InChI is InChI=1S/C22H25F2N5O4S/c23-17-12-18(24)14-19(13-17)29-15-16(11-21(29)30)22(31)26-5-10-34(32,33)28-8-6-27(7-9-28)20-3-1-2-4-25-20/h1-4,12-14,16H,5-11,15H2,(H,26,31). The van der Waals surface area contributed by atoms with Gasteiger partial charge in [0.05, 0.1) is 11.7 Å². The zero-order valence-electron chi connectivity index (χ0n) is 18.4. The molecule has 9 nitrogen and oxygen atoms in total. The second-order valence-corrected chi connectivity index (χ2v) is 10.3. The van der Waals surface area contributed by atoms with Crippen molar-refractivity contribution in [2.45, 2.75) is 6.42 Å².